The molecule has 7 rings (SSSR count). The molecule has 2 aromatic heterocycles. The number of nitrogens with one attached hydrogen (secondary N) is 6. The molecule has 2 heterocycles. The lowest BCUT2D eigenvalue weighted by molar-refractivity contribution is 0.0937. The molecule has 0 fully saturated rings. The number of rotatable bonds is 11. The Morgan fingerprint density at radius 2 is 1.02 bits per heavy atom. The number of carbonyl (C=O) groups is 2. The van der Waals surface area contributed by atoms with E-state index in [2.05, 4.69) is 30.5 Å². The van der Waals surface area contributed by atoms with Crippen molar-refractivity contribution >= 4 is 76.9 Å². The normalized spacial score (nSPS) is 12.0. The smallest absolute Gasteiger partial charge is 0.266 e. The van der Waals surface area contributed by atoms with Gasteiger partial charge in [-0.3, -0.25) is 20.4 Å². The summed E-state index contributed by atoms with van der Waals surface area (Å²) in [4.78, 5) is 37.0. The van der Waals surface area contributed by atoms with Gasteiger partial charge in [-0.25, -0.2) is 16.8 Å². The number of aromatic amines is 2. The average molecular weight is 802 g/mol. The molecule has 12 nitrogen and oxygen atoms in total. The monoisotopic (exact) mass is 800 g/mol. The van der Waals surface area contributed by atoms with Gasteiger partial charge in [-0.15, -0.1) is 9.66 Å². The van der Waals surface area contributed by atoms with Crippen LogP contribution in [0.3, 0.4) is 0 Å². The summed E-state index contributed by atoms with van der Waals surface area (Å²) >= 11 is 12.1. The van der Waals surface area contributed by atoms with Gasteiger partial charge < -0.3 is 9.97 Å². The van der Waals surface area contributed by atoms with Crippen molar-refractivity contribution in [3.63, 3.8) is 0 Å². The van der Waals surface area contributed by atoms with E-state index < -0.39 is 37.8 Å². The van der Waals surface area contributed by atoms with Crippen molar-refractivity contribution < 1.29 is 26.4 Å². The Kier molecular flexibility index (Phi) is 10.1. The van der Waals surface area contributed by atoms with E-state index in [4.69, 9.17) is 23.2 Å². The first-order valence-electron chi connectivity index (χ1n) is 16.2. The molecule has 0 bridgehead atoms. The zero-order valence-electron chi connectivity index (χ0n) is 28.1. The van der Waals surface area contributed by atoms with Gasteiger partial charge in [0.2, 0.25) is 0 Å². The Labute approximate surface area is 319 Å². The van der Waals surface area contributed by atoms with Gasteiger partial charge >= 0.3 is 0 Å². The number of sulfonamides is 2. The van der Waals surface area contributed by atoms with E-state index in [9.17, 15) is 26.4 Å². The highest BCUT2D eigenvalue weighted by molar-refractivity contribution is 7.89. The molecule has 5 aromatic carbocycles. The van der Waals surface area contributed by atoms with Crippen LogP contribution in [0.15, 0.2) is 131 Å². The van der Waals surface area contributed by atoms with Crippen molar-refractivity contribution in [3.8, 4) is 0 Å². The van der Waals surface area contributed by atoms with E-state index in [1.54, 1.807) is 48.5 Å². The number of H-pyrrole nitrogens is 2. The lowest BCUT2D eigenvalue weighted by Gasteiger charge is -2.18. The first kappa shape index (κ1) is 36.9. The van der Waals surface area contributed by atoms with E-state index in [1.807, 2.05) is 43.6 Å². The van der Waals surface area contributed by atoms with E-state index in [0.29, 0.717) is 10.8 Å². The van der Waals surface area contributed by atoms with Gasteiger partial charge in [-0.2, -0.15) is 0 Å². The summed E-state index contributed by atoms with van der Waals surface area (Å²) in [5.41, 5.74) is 9.90. The number of fused-ring (bicyclic) bond motifs is 2. The second-order valence-electron chi connectivity index (χ2n) is 12.3. The van der Waals surface area contributed by atoms with Crippen LogP contribution in [0.4, 0.5) is 0 Å². The van der Waals surface area contributed by atoms with Crippen LogP contribution in [0.1, 0.15) is 48.9 Å². The second kappa shape index (κ2) is 14.7. The number of carbonyl (C=O) groups excluding carboxylic acids is 2. The number of hydrazine groups is 2. The van der Waals surface area contributed by atoms with Gasteiger partial charge in [0.05, 0.1) is 10.0 Å². The van der Waals surface area contributed by atoms with Gasteiger partial charge in [0.1, 0.15) is 9.79 Å². The van der Waals surface area contributed by atoms with Crippen molar-refractivity contribution in [3.05, 3.63) is 165 Å². The van der Waals surface area contributed by atoms with Crippen molar-refractivity contribution in [2.45, 2.75) is 22.6 Å². The van der Waals surface area contributed by atoms with Crippen molar-refractivity contribution in [2.24, 2.45) is 0 Å². The van der Waals surface area contributed by atoms with Crippen LogP contribution in [-0.4, -0.2) is 38.6 Å². The molecule has 0 radical (unpaired) electrons. The van der Waals surface area contributed by atoms with E-state index in [-0.39, 0.29) is 31.0 Å². The van der Waals surface area contributed by atoms with Gasteiger partial charge in [-0.05, 0) is 84.3 Å². The van der Waals surface area contributed by atoms with Gasteiger partial charge in [0, 0.05) is 51.2 Å². The number of benzene rings is 5. The zero-order chi connectivity index (χ0) is 38.2. The highest BCUT2D eigenvalue weighted by Gasteiger charge is 2.26. The summed E-state index contributed by atoms with van der Waals surface area (Å²) in [5, 5.41) is 1.39. The molecule has 54 heavy (non-hydrogen) atoms. The van der Waals surface area contributed by atoms with Gasteiger partial charge in [-0.1, -0.05) is 77.3 Å². The Hall–Kier alpha value is -5.48. The Morgan fingerprint density at radius 1 is 0.593 bits per heavy atom. The quantitative estimate of drug-likeness (QED) is 0.0793. The first-order chi connectivity index (χ1) is 25.8. The van der Waals surface area contributed by atoms with Crippen LogP contribution in [0.5, 0.6) is 0 Å². The molecular formula is C38H30Cl2N6O6S2. The van der Waals surface area contributed by atoms with Crippen LogP contribution < -0.4 is 20.5 Å². The fourth-order valence-corrected chi connectivity index (χ4v) is 8.86. The average Bonchev–Trinajstić information content (AvgIpc) is 3.78. The minimum absolute atomic E-state index is 0.00263. The third kappa shape index (κ3) is 7.35. The molecule has 0 aliphatic carbocycles. The highest BCUT2D eigenvalue weighted by atomic mass is 35.5. The number of amides is 2. The Balaban J connectivity index is 1.22. The number of aromatic nitrogens is 2. The molecule has 0 aliphatic rings. The van der Waals surface area contributed by atoms with Crippen LogP contribution in [0.25, 0.3) is 21.8 Å². The number of hydrogen-bond donors (Lipinski definition) is 6. The molecular weight excluding hydrogens is 771 g/mol. The molecule has 0 unspecified atom stereocenters. The molecule has 0 atom stereocenters. The molecule has 274 valence electrons. The molecule has 7 aromatic rings. The lowest BCUT2D eigenvalue weighted by Crippen LogP contribution is -2.41. The minimum atomic E-state index is -4.16. The van der Waals surface area contributed by atoms with Gasteiger partial charge in [0.25, 0.3) is 31.9 Å². The summed E-state index contributed by atoms with van der Waals surface area (Å²) in [6, 6.07) is 29.6. The van der Waals surface area contributed by atoms with Crippen LogP contribution >= 0.6 is 23.2 Å². The summed E-state index contributed by atoms with van der Waals surface area (Å²) in [6.45, 7) is 1.98. The SMILES string of the molecule is Cc1ccc(C(c2c[nH]c3ccc(C(=O)NNS(=O)(=O)c4ccccc4Cl)cc23)c2c[nH]c3ccc(C(=O)NNS(=O)(=O)c4ccccc4Cl)cc23)cc1. The standard InChI is InChI=1S/C38H30Cl2N6O6S2/c1-22-10-12-23(13-11-22)36(28-20-41-32-16-14-24(18-26(28)32)37(47)43-45-53(49,50)34-8-4-2-6-30(34)39)29-21-42-33-17-15-25(19-27(29)33)38(48)44-46-54(51,52)35-9-5-3-7-31(35)40/h2-21,36,41-42,45-46H,1H3,(H,43,47)(H,44,48). The maximum absolute atomic E-state index is 13.3. The van der Waals surface area contributed by atoms with Crippen molar-refractivity contribution in [1.29, 1.82) is 0 Å². The summed E-state index contributed by atoms with van der Waals surface area (Å²) in [5.74, 6) is -1.82. The van der Waals surface area contributed by atoms with Crippen molar-refractivity contribution in [1.82, 2.24) is 30.5 Å². The Morgan fingerprint density at radius 3 is 1.44 bits per heavy atom. The van der Waals surface area contributed by atoms with Gasteiger partial charge in [0.15, 0.2) is 0 Å². The van der Waals surface area contributed by atoms with E-state index in [1.165, 1.54) is 36.4 Å². The van der Waals surface area contributed by atoms with Crippen LogP contribution in [-0.2, 0) is 20.0 Å². The molecule has 0 saturated carbocycles. The number of aryl methyl sites for hydroxylation is 1. The predicted molar refractivity (Wildman–Crippen MR) is 207 cm³/mol. The number of halogens is 2. The lowest BCUT2D eigenvalue weighted by atomic mass is 9.84. The maximum atomic E-state index is 13.3. The third-order valence-corrected chi connectivity index (χ3v) is 12.3. The van der Waals surface area contributed by atoms with Crippen LogP contribution in [0.2, 0.25) is 10.0 Å². The van der Waals surface area contributed by atoms with Crippen molar-refractivity contribution in [2.75, 3.05) is 0 Å². The Bertz CT molecular complexity index is 2630. The summed E-state index contributed by atoms with van der Waals surface area (Å²) < 4.78 is 51.4. The second-order valence-corrected chi connectivity index (χ2v) is 16.4. The zero-order valence-corrected chi connectivity index (χ0v) is 31.3. The molecule has 16 heteroatoms. The van der Waals surface area contributed by atoms with E-state index >= 15 is 0 Å². The first-order valence-corrected chi connectivity index (χ1v) is 20.0. The number of hydrogen-bond acceptors (Lipinski definition) is 6. The summed E-state index contributed by atoms with van der Waals surface area (Å²) in [7, 11) is -8.33. The third-order valence-electron chi connectivity index (χ3n) is 8.83. The largest absolute Gasteiger partial charge is 0.361 e. The molecule has 0 spiro atoms. The summed E-state index contributed by atoms with van der Waals surface area (Å²) in [6.07, 6.45) is 3.69. The maximum Gasteiger partial charge on any atom is 0.266 e. The van der Waals surface area contributed by atoms with Crippen LogP contribution in [0, 0.1) is 6.92 Å². The highest BCUT2D eigenvalue weighted by Crippen LogP contribution is 2.40. The minimum Gasteiger partial charge on any atom is -0.361 e. The molecule has 0 saturated heterocycles. The predicted octanol–water partition coefficient (Wildman–Crippen LogP) is 6.69. The molecule has 6 N–H and O–H groups in total. The fourth-order valence-electron chi connectivity index (χ4n) is 6.14. The molecule has 2 amide bonds. The topological polar surface area (TPSA) is 182 Å². The van der Waals surface area contributed by atoms with E-state index in [0.717, 1.165) is 33.3 Å². The molecule has 0 aliphatic heterocycles. The fraction of sp³-hybridized carbons (Fsp3) is 0.0526.